The molecule has 0 aliphatic carbocycles. The van der Waals surface area contributed by atoms with Gasteiger partial charge in [0.25, 0.3) is 0 Å². The number of ether oxygens (including phenoxy) is 2. The van der Waals surface area contributed by atoms with Gasteiger partial charge in [0.05, 0.1) is 12.2 Å². The molecule has 0 amide bonds. The van der Waals surface area contributed by atoms with E-state index in [2.05, 4.69) is 6.08 Å². The van der Waals surface area contributed by atoms with Crippen molar-refractivity contribution in [2.24, 2.45) is 0 Å². The van der Waals surface area contributed by atoms with E-state index in [0.29, 0.717) is 6.42 Å². The highest BCUT2D eigenvalue weighted by atomic mass is 16.6. The second-order valence-electron chi connectivity index (χ2n) is 5.71. The highest BCUT2D eigenvalue weighted by molar-refractivity contribution is 5.66. The van der Waals surface area contributed by atoms with Gasteiger partial charge < -0.3 is 9.47 Å². The summed E-state index contributed by atoms with van der Waals surface area (Å²) in [5, 5.41) is 0. The number of carbonyl (C=O) groups excluding carboxylic acids is 1. The zero-order chi connectivity index (χ0) is 14.6. The summed E-state index contributed by atoms with van der Waals surface area (Å²) >= 11 is 0. The Morgan fingerprint density at radius 1 is 1.35 bits per heavy atom. The number of hydrogen-bond acceptors (Lipinski definition) is 3. The van der Waals surface area contributed by atoms with E-state index in [9.17, 15) is 4.79 Å². The summed E-state index contributed by atoms with van der Waals surface area (Å²) in [5.41, 5.74) is 0.707. The summed E-state index contributed by atoms with van der Waals surface area (Å²) in [6.45, 7) is 5.46. The van der Waals surface area contributed by atoms with Crippen LogP contribution in [0.4, 0.5) is 0 Å². The Labute approximate surface area is 120 Å². The van der Waals surface area contributed by atoms with Gasteiger partial charge in [0.2, 0.25) is 0 Å². The van der Waals surface area contributed by atoms with Crippen LogP contribution in [0.15, 0.2) is 36.4 Å². The van der Waals surface area contributed by atoms with Gasteiger partial charge in [-0.2, -0.15) is 0 Å². The SMILES string of the molecule is CC(=O)O[C@@]1(C)C[C@@H](C)O[C@@H](/C=C/c2ccccc2)C1. The molecule has 2 rings (SSSR count). The van der Waals surface area contributed by atoms with Crippen LogP contribution in [0.3, 0.4) is 0 Å². The van der Waals surface area contributed by atoms with Gasteiger partial charge in [0.15, 0.2) is 0 Å². The van der Waals surface area contributed by atoms with Gasteiger partial charge in [0.1, 0.15) is 5.60 Å². The number of hydrogen-bond donors (Lipinski definition) is 0. The molecule has 1 heterocycles. The molecule has 0 aromatic heterocycles. The molecule has 0 bridgehead atoms. The average Bonchev–Trinajstić information content (AvgIpc) is 2.35. The first kappa shape index (κ1) is 14.8. The van der Waals surface area contributed by atoms with E-state index < -0.39 is 5.60 Å². The van der Waals surface area contributed by atoms with Gasteiger partial charge in [-0.25, -0.2) is 0 Å². The molecule has 20 heavy (non-hydrogen) atoms. The van der Waals surface area contributed by atoms with Gasteiger partial charge in [-0.05, 0) is 19.4 Å². The normalized spacial score (nSPS) is 30.4. The van der Waals surface area contributed by atoms with E-state index >= 15 is 0 Å². The Bertz CT molecular complexity index is 480. The molecular formula is C17H22O3. The third kappa shape index (κ3) is 4.20. The van der Waals surface area contributed by atoms with Crippen LogP contribution < -0.4 is 0 Å². The fourth-order valence-electron chi connectivity index (χ4n) is 2.84. The molecule has 0 saturated carbocycles. The van der Waals surface area contributed by atoms with E-state index in [1.807, 2.05) is 50.3 Å². The molecule has 1 aromatic carbocycles. The lowest BCUT2D eigenvalue weighted by atomic mass is 9.88. The quantitative estimate of drug-likeness (QED) is 0.790. The molecule has 1 fully saturated rings. The highest BCUT2D eigenvalue weighted by Gasteiger charge is 2.37. The molecule has 1 saturated heterocycles. The van der Waals surface area contributed by atoms with E-state index in [-0.39, 0.29) is 18.2 Å². The van der Waals surface area contributed by atoms with E-state index in [0.717, 1.165) is 12.0 Å². The van der Waals surface area contributed by atoms with Crippen LogP contribution in [0.1, 0.15) is 39.2 Å². The van der Waals surface area contributed by atoms with Crippen molar-refractivity contribution in [3.63, 3.8) is 0 Å². The van der Waals surface area contributed by atoms with Crippen molar-refractivity contribution >= 4 is 12.0 Å². The van der Waals surface area contributed by atoms with Crippen LogP contribution in [0.25, 0.3) is 6.08 Å². The smallest absolute Gasteiger partial charge is 0.303 e. The van der Waals surface area contributed by atoms with Crippen molar-refractivity contribution in [1.82, 2.24) is 0 Å². The summed E-state index contributed by atoms with van der Waals surface area (Å²) in [6.07, 6.45) is 5.59. The second-order valence-corrected chi connectivity index (χ2v) is 5.71. The third-order valence-electron chi connectivity index (χ3n) is 3.45. The molecule has 0 spiro atoms. The van der Waals surface area contributed by atoms with Crippen LogP contribution in [-0.2, 0) is 14.3 Å². The van der Waals surface area contributed by atoms with Gasteiger partial charge in [0, 0.05) is 19.8 Å². The van der Waals surface area contributed by atoms with Gasteiger partial charge in [-0.3, -0.25) is 4.79 Å². The van der Waals surface area contributed by atoms with Gasteiger partial charge in [-0.1, -0.05) is 42.5 Å². The first-order valence-corrected chi connectivity index (χ1v) is 7.05. The molecule has 0 unspecified atom stereocenters. The number of carbonyl (C=O) groups is 1. The maximum absolute atomic E-state index is 11.2. The molecule has 0 N–H and O–H groups in total. The molecule has 3 nitrogen and oxygen atoms in total. The summed E-state index contributed by atoms with van der Waals surface area (Å²) in [6, 6.07) is 10.1. The highest BCUT2D eigenvalue weighted by Crippen LogP contribution is 2.32. The molecule has 3 atom stereocenters. The lowest BCUT2D eigenvalue weighted by Crippen LogP contribution is -2.44. The Morgan fingerprint density at radius 3 is 2.70 bits per heavy atom. The van der Waals surface area contributed by atoms with Crippen LogP contribution in [0.2, 0.25) is 0 Å². The monoisotopic (exact) mass is 274 g/mol. The van der Waals surface area contributed by atoms with Crippen molar-refractivity contribution in [2.45, 2.75) is 51.4 Å². The van der Waals surface area contributed by atoms with Gasteiger partial charge in [-0.15, -0.1) is 0 Å². The summed E-state index contributed by atoms with van der Waals surface area (Å²) in [5.74, 6) is -0.229. The maximum Gasteiger partial charge on any atom is 0.303 e. The second kappa shape index (κ2) is 6.23. The molecule has 1 aromatic rings. The molecule has 108 valence electrons. The van der Waals surface area contributed by atoms with Crippen molar-refractivity contribution in [1.29, 1.82) is 0 Å². The zero-order valence-electron chi connectivity index (χ0n) is 12.3. The maximum atomic E-state index is 11.2. The molecule has 1 aliphatic heterocycles. The minimum atomic E-state index is -0.435. The Morgan fingerprint density at radius 2 is 2.05 bits per heavy atom. The summed E-state index contributed by atoms with van der Waals surface area (Å²) in [4.78, 5) is 11.2. The van der Waals surface area contributed by atoms with Gasteiger partial charge >= 0.3 is 5.97 Å². The first-order valence-electron chi connectivity index (χ1n) is 7.05. The minimum absolute atomic E-state index is 0.0247. The van der Waals surface area contributed by atoms with Crippen LogP contribution >= 0.6 is 0 Å². The van der Waals surface area contributed by atoms with Crippen molar-refractivity contribution in [2.75, 3.05) is 0 Å². The number of rotatable bonds is 3. The summed E-state index contributed by atoms with van der Waals surface area (Å²) < 4.78 is 11.4. The fourth-order valence-corrected chi connectivity index (χ4v) is 2.84. The molecule has 0 radical (unpaired) electrons. The minimum Gasteiger partial charge on any atom is -0.459 e. The third-order valence-corrected chi connectivity index (χ3v) is 3.45. The Kier molecular flexibility index (Phi) is 4.61. The summed E-state index contributed by atoms with van der Waals surface area (Å²) in [7, 11) is 0. The molecule has 1 aliphatic rings. The Hall–Kier alpha value is -1.61. The van der Waals surface area contributed by atoms with Crippen LogP contribution in [-0.4, -0.2) is 23.8 Å². The predicted molar refractivity (Wildman–Crippen MR) is 79.2 cm³/mol. The Balaban J connectivity index is 2.04. The molecular weight excluding hydrogens is 252 g/mol. The van der Waals surface area contributed by atoms with Crippen molar-refractivity contribution < 1.29 is 14.3 Å². The lowest BCUT2D eigenvalue weighted by Gasteiger charge is -2.39. The zero-order valence-corrected chi connectivity index (χ0v) is 12.3. The van der Waals surface area contributed by atoms with Crippen LogP contribution in [0.5, 0.6) is 0 Å². The van der Waals surface area contributed by atoms with Crippen LogP contribution in [0, 0.1) is 0 Å². The van der Waals surface area contributed by atoms with E-state index in [1.165, 1.54) is 6.92 Å². The topological polar surface area (TPSA) is 35.5 Å². The number of benzene rings is 1. The average molecular weight is 274 g/mol. The fraction of sp³-hybridized carbons (Fsp3) is 0.471. The first-order chi connectivity index (χ1) is 9.47. The van der Waals surface area contributed by atoms with E-state index in [4.69, 9.17) is 9.47 Å². The number of esters is 1. The standard InChI is InChI=1S/C17H22O3/c1-13-11-17(3,20-14(2)18)12-16(19-13)10-9-15-7-5-4-6-8-15/h4-10,13,16H,11-12H2,1-3H3/b10-9+/t13-,16+,17+/m1/s1. The van der Waals surface area contributed by atoms with Crippen molar-refractivity contribution in [3.05, 3.63) is 42.0 Å². The van der Waals surface area contributed by atoms with E-state index in [1.54, 1.807) is 0 Å². The predicted octanol–water partition coefficient (Wildman–Crippen LogP) is 3.59. The largest absolute Gasteiger partial charge is 0.459 e. The molecule has 3 heteroatoms. The lowest BCUT2D eigenvalue weighted by molar-refractivity contribution is -0.174. The van der Waals surface area contributed by atoms with Crippen molar-refractivity contribution in [3.8, 4) is 0 Å².